The molecule has 1 amide bonds. The Bertz CT molecular complexity index is 279. The van der Waals surface area contributed by atoms with E-state index < -0.39 is 6.04 Å². The van der Waals surface area contributed by atoms with Crippen molar-refractivity contribution < 1.29 is 4.79 Å². The molecule has 16 heavy (non-hydrogen) atoms. The van der Waals surface area contributed by atoms with Crippen LogP contribution in [0.3, 0.4) is 0 Å². The van der Waals surface area contributed by atoms with Gasteiger partial charge in [0.25, 0.3) is 0 Å². The lowest BCUT2D eigenvalue weighted by Crippen LogP contribution is -2.41. The predicted molar refractivity (Wildman–Crippen MR) is 67.7 cm³/mol. The Hall–Kier alpha value is -1.01. The zero-order valence-corrected chi connectivity index (χ0v) is 11.1. The fourth-order valence-electron chi connectivity index (χ4n) is 1.19. The highest BCUT2D eigenvalue weighted by Crippen LogP contribution is 2.09. The molecule has 0 heterocycles. The summed E-state index contributed by atoms with van der Waals surface area (Å²) in [5.41, 5.74) is 5.70. The molecule has 0 aliphatic rings. The highest BCUT2D eigenvalue weighted by atomic mass is 16.2. The third kappa shape index (κ3) is 8.31. The molecule has 92 valence electrons. The van der Waals surface area contributed by atoms with Gasteiger partial charge in [-0.3, -0.25) is 4.79 Å². The summed E-state index contributed by atoms with van der Waals surface area (Å²) in [6.45, 7) is 10.6. The lowest BCUT2D eigenvalue weighted by atomic mass is 9.98. The van der Waals surface area contributed by atoms with Crippen LogP contribution in [0.5, 0.6) is 0 Å². The number of hydrogen-bond acceptors (Lipinski definition) is 2. The van der Waals surface area contributed by atoms with Crippen LogP contribution < -0.4 is 11.1 Å². The number of carbonyl (C=O) groups is 1. The lowest BCUT2D eigenvalue weighted by molar-refractivity contribution is -0.122. The van der Waals surface area contributed by atoms with E-state index >= 15 is 0 Å². The molecule has 0 aromatic carbocycles. The van der Waals surface area contributed by atoms with Crippen molar-refractivity contribution in [1.29, 1.82) is 0 Å². The van der Waals surface area contributed by atoms with Gasteiger partial charge in [-0.15, -0.1) is 0 Å². The molecule has 0 saturated carbocycles. The zero-order chi connectivity index (χ0) is 12.8. The van der Waals surface area contributed by atoms with Crippen molar-refractivity contribution in [1.82, 2.24) is 5.32 Å². The van der Waals surface area contributed by atoms with Crippen LogP contribution in [0.15, 0.2) is 0 Å². The topological polar surface area (TPSA) is 55.1 Å². The van der Waals surface area contributed by atoms with Crippen LogP contribution >= 0.6 is 0 Å². The minimum absolute atomic E-state index is 0.0230. The monoisotopic (exact) mass is 224 g/mol. The van der Waals surface area contributed by atoms with Gasteiger partial charge < -0.3 is 11.1 Å². The molecule has 0 spiro atoms. The van der Waals surface area contributed by atoms with Crippen LogP contribution in [0, 0.1) is 23.2 Å². The van der Waals surface area contributed by atoms with E-state index in [-0.39, 0.29) is 11.3 Å². The number of hydrogen-bond donors (Lipinski definition) is 2. The van der Waals surface area contributed by atoms with Crippen molar-refractivity contribution in [3.8, 4) is 11.8 Å². The average molecular weight is 224 g/mol. The summed E-state index contributed by atoms with van der Waals surface area (Å²) in [5.74, 6) is 6.30. The molecule has 3 N–H and O–H groups in total. The highest BCUT2D eigenvalue weighted by Gasteiger charge is 2.13. The summed E-state index contributed by atoms with van der Waals surface area (Å²) in [4.78, 5) is 11.5. The number of amides is 1. The minimum Gasteiger partial charge on any atom is -0.344 e. The van der Waals surface area contributed by atoms with E-state index in [0.717, 1.165) is 0 Å². The summed E-state index contributed by atoms with van der Waals surface area (Å²) < 4.78 is 0. The van der Waals surface area contributed by atoms with Crippen molar-refractivity contribution in [2.45, 2.75) is 47.1 Å². The Labute approximate surface area is 99.2 Å². The molecular formula is C13H24N2O. The maximum atomic E-state index is 11.5. The van der Waals surface area contributed by atoms with E-state index in [9.17, 15) is 4.79 Å². The average Bonchev–Trinajstić information content (AvgIpc) is 2.09. The smallest absolute Gasteiger partial charge is 0.237 e. The zero-order valence-electron chi connectivity index (χ0n) is 11.1. The summed E-state index contributed by atoms with van der Waals surface area (Å²) in [5, 5.41) is 2.72. The van der Waals surface area contributed by atoms with Crippen molar-refractivity contribution in [2.24, 2.45) is 17.1 Å². The summed E-state index contributed by atoms with van der Waals surface area (Å²) >= 11 is 0. The van der Waals surface area contributed by atoms with Gasteiger partial charge in [-0.25, -0.2) is 0 Å². The number of nitrogens with one attached hydrogen (secondary N) is 1. The second-order valence-electron chi connectivity index (χ2n) is 5.51. The first kappa shape index (κ1) is 15.0. The first-order valence-corrected chi connectivity index (χ1v) is 5.75. The van der Waals surface area contributed by atoms with E-state index in [4.69, 9.17) is 5.73 Å². The number of carbonyl (C=O) groups excluding carboxylic acids is 1. The van der Waals surface area contributed by atoms with Crippen molar-refractivity contribution >= 4 is 5.91 Å². The molecule has 0 aliphatic heterocycles. The van der Waals surface area contributed by atoms with Gasteiger partial charge in [0.05, 0.1) is 12.6 Å². The molecular weight excluding hydrogens is 200 g/mol. The molecule has 0 aromatic heterocycles. The first-order valence-electron chi connectivity index (χ1n) is 5.75. The quantitative estimate of drug-likeness (QED) is 0.711. The molecule has 1 atom stereocenters. The molecule has 0 radical (unpaired) electrons. The minimum atomic E-state index is -0.420. The molecule has 3 nitrogen and oxygen atoms in total. The Balaban J connectivity index is 3.93. The van der Waals surface area contributed by atoms with E-state index in [0.29, 0.717) is 18.9 Å². The Kier molecular flexibility index (Phi) is 6.13. The summed E-state index contributed by atoms with van der Waals surface area (Å²) in [6, 6.07) is -0.420. The second kappa shape index (κ2) is 6.55. The van der Waals surface area contributed by atoms with E-state index in [1.165, 1.54) is 0 Å². The summed E-state index contributed by atoms with van der Waals surface area (Å²) in [7, 11) is 0. The third-order valence-electron chi connectivity index (χ3n) is 1.88. The van der Waals surface area contributed by atoms with Crippen molar-refractivity contribution in [2.75, 3.05) is 6.54 Å². The van der Waals surface area contributed by atoms with Gasteiger partial charge in [-0.2, -0.15) is 0 Å². The van der Waals surface area contributed by atoms with E-state index in [2.05, 4.69) is 17.2 Å². The van der Waals surface area contributed by atoms with Crippen LogP contribution in [-0.4, -0.2) is 18.5 Å². The van der Waals surface area contributed by atoms with Gasteiger partial charge >= 0.3 is 0 Å². The third-order valence-corrected chi connectivity index (χ3v) is 1.88. The predicted octanol–water partition coefficient (Wildman–Crippen LogP) is 1.53. The lowest BCUT2D eigenvalue weighted by Gasteiger charge is -2.13. The summed E-state index contributed by atoms with van der Waals surface area (Å²) in [6.07, 6.45) is 0.707. The van der Waals surface area contributed by atoms with Crippen LogP contribution in [-0.2, 0) is 4.79 Å². The first-order chi connectivity index (χ1) is 7.22. The molecule has 0 saturated heterocycles. The molecule has 0 fully saturated rings. The number of nitrogens with two attached hydrogens (primary N) is 1. The van der Waals surface area contributed by atoms with Gasteiger partial charge in [0.15, 0.2) is 0 Å². The maximum Gasteiger partial charge on any atom is 0.237 e. The normalized spacial score (nSPS) is 12.9. The fourth-order valence-corrected chi connectivity index (χ4v) is 1.19. The molecule has 0 aliphatic carbocycles. The van der Waals surface area contributed by atoms with Crippen LogP contribution in [0.2, 0.25) is 0 Å². The molecule has 0 rings (SSSR count). The maximum absolute atomic E-state index is 11.5. The van der Waals surface area contributed by atoms with Crippen molar-refractivity contribution in [3.63, 3.8) is 0 Å². The van der Waals surface area contributed by atoms with E-state index in [1.54, 1.807) is 0 Å². The van der Waals surface area contributed by atoms with Gasteiger partial charge in [0, 0.05) is 5.41 Å². The van der Waals surface area contributed by atoms with Crippen molar-refractivity contribution in [3.05, 3.63) is 0 Å². The van der Waals surface area contributed by atoms with Crippen LogP contribution in [0.1, 0.15) is 41.0 Å². The standard InChI is InChI=1S/C13H24N2O/c1-10(2)9-11(14)12(16)15-8-6-7-13(3,4)5/h10-11H,8-9,14H2,1-5H3,(H,15,16)/t11-/m0/s1. The van der Waals surface area contributed by atoms with Gasteiger partial charge in [-0.1, -0.05) is 25.7 Å². The Morgan fingerprint density at radius 3 is 2.38 bits per heavy atom. The fraction of sp³-hybridized carbons (Fsp3) is 0.769. The second-order valence-corrected chi connectivity index (χ2v) is 5.51. The van der Waals surface area contributed by atoms with E-state index in [1.807, 2.05) is 34.6 Å². The molecule has 3 heteroatoms. The van der Waals surface area contributed by atoms with Gasteiger partial charge in [-0.05, 0) is 33.1 Å². The Morgan fingerprint density at radius 2 is 1.94 bits per heavy atom. The largest absolute Gasteiger partial charge is 0.344 e. The van der Waals surface area contributed by atoms with Crippen LogP contribution in [0.4, 0.5) is 0 Å². The SMILES string of the molecule is CC(C)C[C@H](N)C(=O)NCC#CC(C)(C)C. The molecule has 0 unspecified atom stereocenters. The van der Waals surface area contributed by atoms with Gasteiger partial charge in [0.1, 0.15) is 0 Å². The van der Waals surface area contributed by atoms with Gasteiger partial charge in [0.2, 0.25) is 5.91 Å². The molecule has 0 aromatic rings. The Morgan fingerprint density at radius 1 is 1.38 bits per heavy atom. The highest BCUT2D eigenvalue weighted by molar-refractivity contribution is 5.81. The number of rotatable bonds is 4. The van der Waals surface area contributed by atoms with Crippen LogP contribution in [0.25, 0.3) is 0 Å². The molecule has 0 bridgehead atoms.